The second kappa shape index (κ2) is 10.2. The Kier molecular flexibility index (Phi) is 7.61. The smallest absolute Gasteiger partial charge is 0.306 e. The molecule has 2 rings (SSSR count). The van der Waals surface area contributed by atoms with Crippen LogP contribution in [0.3, 0.4) is 0 Å². The molecule has 0 saturated carbocycles. The second-order valence-corrected chi connectivity index (χ2v) is 5.57. The third-order valence-electron chi connectivity index (χ3n) is 3.67. The van der Waals surface area contributed by atoms with Gasteiger partial charge < -0.3 is 14.8 Å². The SMILES string of the molecule is CCOc1ccccc1CCC(=O)OCC(=O)NCc1ccccc1F. The lowest BCUT2D eigenvalue weighted by Crippen LogP contribution is -2.28. The van der Waals surface area contributed by atoms with Gasteiger partial charge in [-0.15, -0.1) is 0 Å². The number of hydrogen-bond acceptors (Lipinski definition) is 4. The monoisotopic (exact) mass is 359 g/mol. The molecule has 0 atom stereocenters. The number of amides is 1. The van der Waals surface area contributed by atoms with Crippen molar-refractivity contribution in [2.24, 2.45) is 0 Å². The van der Waals surface area contributed by atoms with Crippen molar-refractivity contribution in [3.05, 3.63) is 65.5 Å². The summed E-state index contributed by atoms with van der Waals surface area (Å²) in [6.45, 7) is 2.10. The average Bonchev–Trinajstić information content (AvgIpc) is 2.65. The Bertz CT molecular complexity index is 748. The van der Waals surface area contributed by atoms with E-state index in [1.165, 1.54) is 6.07 Å². The van der Waals surface area contributed by atoms with E-state index in [-0.39, 0.29) is 19.6 Å². The van der Waals surface area contributed by atoms with Crippen LogP contribution in [0.4, 0.5) is 4.39 Å². The molecule has 5 nitrogen and oxygen atoms in total. The van der Waals surface area contributed by atoms with Gasteiger partial charge in [0, 0.05) is 18.5 Å². The van der Waals surface area contributed by atoms with E-state index in [1.807, 2.05) is 31.2 Å². The Morgan fingerprint density at radius 2 is 1.73 bits per heavy atom. The van der Waals surface area contributed by atoms with Crippen LogP contribution in [0.25, 0.3) is 0 Å². The van der Waals surface area contributed by atoms with Gasteiger partial charge in [-0.2, -0.15) is 0 Å². The topological polar surface area (TPSA) is 64.6 Å². The fourth-order valence-corrected chi connectivity index (χ4v) is 2.35. The van der Waals surface area contributed by atoms with Crippen LogP contribution in [0.1, 0.15) is 24.5 Å². The minimum atomic E-state index is -0.476. The van der Waals surface area contributed by atoms with E-state index in [0.717, 1.165) is 11.3 Å². The van der Waals surface area contributed by atoms with Gasteiger partial charge in [0.25, 0.3) is 5.91 Å². The minimum Gasteiger partial charge on any atom is -0.494 e. The molecule has 0 spiro atoms. The number of ether oxygens (including phenoxy) is 2. The van der Waals surface area contributed by atoms with E-state index in [1.54, 1.807) is 18.2 Å². The van der Waals surface area contributed by atoms with Crippen LogP contribution in [0, 0.1) is 5.82 Å². The Labute approximate surface area is 152 Å². The highest BCUT2D eigenvalue weighted by atomic mass is 19.1. The van der Waals surface area contributed by atoms with E-state index >= 15 is 0 Å². The first-order valence-electron chi connectivity index (χ1n) is 8.46. The van der Waals surface area contributed by atoms with Crippen LogP contribution in [-0.2, 0) is 27.3 Å². The Balaban J connectivity index is 1.71. The van der Waals surface area contributed by atoms with Crippen LogP contribution < -0.4 is 10.1 Å². The largest absolute Gasteiger partial charge is 0.494 e. The van der Waals surface area contributed by atoms with Crippen molar-refractivity contribution in [1.29, 1.82) is 0 Å². The highest BCUT2D eigenvalue weighted by Crippen LogP contribution is 2.19. The molecule has 26 heavy (non-hydrogen) atoms. The number of aryl methyl sites for hydroxylation is 1. The highest BCUT2D eigenvalue weighted by molar-refractivity contribution is 5.80. The number of nitrogens with one attached hydrogen (secondary N) is 1. The number of benzene rings is 2. The van der Waals surface area contributed by atoms with Crippen LogP contribution in [0.5, 0.6) is 5.75 Å². The molecule has 0 radical (unpaired) electrons. The van der Waals surface area contributed by atoms with Crippen molar-refractivity contribution < 1.29 is 23.5 Å². The summed E-state index contributed by atoms with van der Waals surface area (Å²) in [7, 11) is 0. The molecule has 6 heteroatoms. The molecule has 0 fully saturated rings. The number of esters is 1. The van der Waals surface area contributed by atoms with E-state index in [2.05, 4.69) is 5.32 Å². The number of carbonyl (C=O) groups is 2. The summed E-state index contributed by atoms with van der Waals surface area (Å²) < 4.78 is 23.9. The molecule has 0 aliphatic rings. The lowest BCUT2D eigenvalue weighted by Gasteiger charge is -2.10. The van der Waals surface area contributed by atoms with Gasteiger partial charge >= 0.3 is 5.97 Å². The number of halogens is 1. The summed E-state index contributed by atoms with van der Waals surface area (Å²) >= 11 is 0. The molecule has 138 valence electrons. The van der Waals surface area contributed by atoms with Gasteiger partial charge in [-0.25, -0.2) is 4.39 Å². The van der Waals surface area contributed by atoms with Crippen LogP contribution >= 0.6 is 0 Å². The van der Waals surface area contributed by atoms with Crippen molar-refractivity contribution in [3.63, 3.8) is 0 Å². The van der Waals surface area contributed by atoms with Gasteiger partial charge in [-0.1, -0.05) is 36.4 Å². The van der Waals surface area contributed by atoms with Gasteiger partial charge in [0.2, 0.25) is 0 Å². The Morgan fingerprint density at radius 3 is 2.46 bits per heavy atom. The van der Waals surface area contributed by atoms with Crippen LogP contribution in [-0.4, -0.2) is 25.1 Å². The quantitative estimate of drug-likeness (QED) is 0.699. The summed E-state index contributed by atoms with van der Waals surface area (Å²) in [5, 5.41) is 2.52. The van der Waals surface area contributed by atoms with Crippen molar-refractivity contribution in [3.8, 4) is 5.75 Å². The average molecular weight is 359 g/mol. The fraction of sp³-hybridized carbons (Fsp3) is 0.300. The summed E-state index contributed by atoms with van der Waals surface area (Å²) in [6, 6.07) is 13.6. The predicted octanol–water partition coefficient (Wildman–Crippen LogP) is 3.02. The molecule has 0 unspecified atom stereocenters. The summed E-state index contributed by atoms with van der Waals surface area (Å²) in [4.78, 5) is 23.5. The molecule has 0 aliphatic heterocycles. The molecule has 0 saturated heterocycles. The zero-order valence-corrected chi connectivity index (χ0v) is 14.7. The number of rotatable bonds is 9. The normalized spacial score (nSPS) is 10.2. The predicted molar refractivity (Wildman–Crippen MR) is 95.1 cm³/mol. The van der Waals surface area contributed by atoms with Gasteiger partial charge in [-0.3, -0.25) is 9.59 Å². The van der Waals surface area contributed by atoms with Gasteiger partial charge in [-0.05, 0) is 31.0 Å². The first-order valence-corrected chi connectivity index (χ1v) is 8.46. The summed E-state index contributed by atoms with van der Waals surface area (Å²) in [6.07, 6.45) is 0.608. The van der Waals surface area contributed by atoms with Crippen LogP contribution in [0.15, 0.2) is 48.5 Å². The van der Waals surface area contributed by atoms with E-state index in [0.29, 0.717) is 18.6 Å². The first kappa shape index (κ1) is 19.4. The molecular formula is C20H22FNO4. The fourth-order valence-electron chi connectivity index (χ4n) is 2.35. The molecule has 2 aromatic rings. The van der Waals surface area contributed by atoms with Crippen molar-refractivity contribution in [2.45, 2.75) is 26.3 Å². The van der Waals surface area contributed by atoms with Gasteiger partial charge in [0.1, 0.15) is 11.6 Å². The van der Waals surface area contributed by atoms with Crippen molar-refractivity contribution in [1.82, 2.24) is 5.32 Å². The maximum absolute atomic E-state index is 13.5. The van der Waals surface area contributed by atoms with E-state index in [9.17, 15) is 14.0 Å². The molecular weight excluding hydrogens is 337 g/mol. The van der Waals surface area contributed by atoms with Gasteiger partial charge in [0.05, 0.1) is 6.61 Å². The lowest BCUT2D eigenvalue weighted by atomic mass is 10.1. The highest BCUT2D eigenvalue weighted by Gasteiger charge is 2.10. The molecule has 0 aliphatic carbocycles. The zero-order valence-electron chi connectivity index (χ0n) is 14.7. The number of para-hydroxylation sites is 1. The third-order valence-corrected chi connectivity index (χ3v) is 3.67. The lowest BCUT2D eigenvalue weighted by molar-refractivity contribution is -0.148. The number of hydrogen-bond donors (Lipinski definition) is 1. The Morgan fingerprint density at radius 1 is 1.04 bits per heavy atom. The van der Waals surface area contributed by atoms with Gasteiger partial charge in [0.15, 0.2) is 6.61 Å². The standard InChI is InChI=1S/C20H22FNO4/c1-2-25-18-10-6-4-7-15(18)11-12-20(24)26-14-19(23)22-13-16-8-3-5-9-17(16)21/h3-10H,2,11-14H2,1H3,(H,22,23). The molecule has 1 amide bonds. The van der Waals surface area contributed by atoms with E-state index in [4.69, 9.17) is 9.47 Å². The third kappa shape index (κ3) is 6.20. The van der Waals surface area contributed by atoms with Crippen molar-refractivity contribution >= 4 is 11.9 Å². The minimum absolute atomic E-state index is 0.0464. The maximum atomic E-state index is 13.5. The second-order valence-electron chi connectivity index (χ2n) is 5.57. The maximum Gasteiger partial charge on any atom is 0.306 e. The molecule has 0 bridgehead atoms. The van der Waals surface area contributed by atoms with Crippen molar-refractivity contribution in [2.75, 3.05) is 13.2 Å². The molecule has 0 aromatic heterocycles. The Hall–Kier alpha value is -2.89. The summed E-state index contributed by atoms with van der Waals surface area (Å²) in [5.41, 5.74) is 1.29. The summed E-state index contributed by atoms with van der Waals surface area (Å²) in [5.74, 6) is -0.600. The molecule has 1 N–H and O–H groups in total. The van der Waals surface area contributed by atoms with E-state index < -0.39 is 17.7 Å². The number of carbonyl (C=O) groups excluding carboxylic acids is 2. The molecule has 0 heterocycles. The zero-order chi connectivity index (χ0) is 18.8. The first-order chi connectivity index (χ1) is 12.6. The molecule has 2 aromatic carbocycles. The van der Waals surface area contributed by atoms with Crippen LogP contribution in [0.2, 0.25) is 0 Å².